The molecular formula is C25H26BrN7O4. The Kier molecular flexibility index (Phi) is 7.22. The molecule has 0 unspecified atom stereocenters. The second-order valence-corrected chi connectivity index (χ2v) is 9.49. The van der Waals surface area contributed by atoms with Crippen LogP contribution in [0.4, 0.5) is 11.6 Å². The molecule has 1 aliphatic heterocycles. The van der Waals surface area contributed by atoms with E-state index in [4.69, 9.17) is 20.2 Å². The van der Waals surface area contributed by atoms with Crippen molar-refractivity contribution in [3.63, 3.8) is 0 Å². The number of halogens is 1. The predicted octanol–water partition coefficient (Wildman–Crippen LogP) is 3.15. The van der Waals surface area contributed by atoms with Crippen LogP contribution in [0.15, 0.2) is 47.2 Å². The van der Waals surface area contributed by atoms with E-state index in [-0.39, 0.29) is 17.3 Å². The minimum Gasteiger partial charge on any atom is -0.490 e. The van der Waals surface area contributed by atoms with Crippen LogP contribution in [0, 0.1) is 6.92 Å². The highest BCUT2D eigenvalue weighted by Gasteiger charge is 2.30. The molecule has 0 radical (unpaired) electrons. The van der Waals surface area contributed by atoms with Gasteiger partial charge >= 0.3 is 0 Å². The first-order chi connectivity index (χ1) is 17.9. The second-order valence-electron chi connectivity index (χ2n) is 8.57. The lowest BCUT2D eigenvalue weighted by Gasteiger charge is -2.26. The molecule has 0 atom stereocenters. The fourth-order valence-corrected chi connectivity index (χ4v) is 4.57. The Labute approximate surface area is 221 Å². The Morgan fingerprint density at radius 1 is 1.24 bits per heavy atom. The molecule has 4 aromatic rings. The van der Waals surface area contributed by atoms with Gasteiger partial charge in [0.2, 0.25) is 5.95 Å². The van der Waals surface area contributed by atoms with Crippen LogP contribution < -0.4 is 15.4 Å². The number of ether oxygens (including phenoxy) is 2. The van der Waals surface area contributed by atoms with Gasteiger partial charge < -0.3 is 25.2 Å². The van der Waals surface area contributed by atoms with Crippen LogP contribution in [0.5, 0.6) is 5.75 Å². The first-order valence-corrected chi connectivity index (χ1v) is 12.6. The molecule has 37 heavy (non-hydrogen) atoms. The van der Waals surface area contributed by atoms with E-state index < -0.39 is 11.8 Å². The monoisotopic (exact) mass is 567 g/mol. The number of aryl methyl sites for hydroxylation is 1. The molecule has 2 aromatic heterocycles. The molecule has 0 aliphatic carbocycles. The minimum absolute atomic E-state index is 0.0779. The number of aromatic nitrogens is 4. The number of primary amides is 1. The van der Waals surface area contributed by atoms with Crippen molar-refractivity contribution < 1.29 is 19.1 Å². The number of amides is 2. The maximum absolute atomic E-state index is 13.8. The predicted molar refractivity (Wildman–Crippen MR) is 141 cm³/mol. The van der Waals surface area contributed by atoms with Gasteiger partial charge in [-0.3, -0.25) is 14.5 Å². The molecule has 2 aromatic carbocycles. The summed E-state index contributed by atoms with van der Waals surface area (Å²) in [4.78, 5) is 44.1. The normalized spacial score (nSPS) is 14.1. The van der Waals surface area contributed by atoms with E-state index in [2.05, 4.69) is 35.8 Å². The highest BCUT2D eigenvalue weighted by Crippen LogP contribution is 2.34. The first kappa shape index (κ1) is 24.9. The maximum atomic E-state index is 13.8. The Morgan fingerprint density at radius 3 is 2.84 bits per heavy atom. The number of hydrogen-bond donors (Lipinski definition) is 3. The van der Waals surface area contributed by atoms with Crippen molar-refractivity contribution >= 4 is 50.4 Å². The summed E-state index contributed by atoms with van der Waals surface area (Å²) in [6, 6.07) is 11.1. The molecule has 192 valence electrons. The van der Waals surface area contributed by atoms with Crippen LogP contribution in [-0.2, 0) is 4.74 Å². The third kappa shape index (κ3) is 5.22. The van der Waals surface area contributed by atoms with Gasteiger partial charge in [-0.1, -0.05) is 28.1 Å². The summed E-state index contributed by atoms with van der Waals surface area (Å²) in [5.41, 5.74) is 7.95. The molecule has 12 heteroatoms. The lowest BCUT2D eigenvalue weighted by atomic mass is 10.1. The molecule has 0 saturated carbocycles. The largest absolute Gasteiger partial charge is 0.490 e. The average molecular weight is 568 g/mol. The molecule has 1 fully saturated rings. The summed E-state index contributed by atoms with van der Waals surface area (Å²) in [5, 5.41) is 0. The summed E-state index contributed by atoms with van der Waals surface area (Å²) in [5.74, 6) is -0.471. The van der Waals surface area contributed by atoms with Crippen molar-refractivity contribution in [2.45, 2.75) is 6.92 Å². The minimum atomic E-state index is -0.785. The van der Waals surface area contributed by atoms with Crippen molar-refractivity contribution in [1.29, 1.82) is 0 Å². The Hall–Kier alpha value is -3.74. The van der Waals surface area contributed by atoms with Crippen molar-refractivity contribution in [2.75, 3.05) is 44.4 Å². The van der Waals surface area contributed by atoms with Gasteiger partial charge in [0.25, 0.3) is 11.8 Å². The molecule has 1 aliphatic rings. The summed E-state index contributed by atoms with van der Waals surface area (Å²) in [6.07, 6.45) is 1.26. The molecule has 3 heterocycles. The first-order valence-electron chi connectivity index (χ1n) is 11.8. The van der Waals surface area contributed by atoms with Crippen LogP contribution in [0.1, 0.15) is 26.5 Å². The van der Waals surface area contributed by atoms with Crippen LogP contribution in [0.25, 0.3) is 11.0 Å². The zero-order chi connectivity index (χ0) is 25.9. The number of carbonyl (C=O) groups is 2. The number of aromatic amines is 2. The molecular weight excluding hydrogens is 542 g/mol. The Morgan fingerprint density at radius 2 is 2.05 bits per heavy atom. The summed E-state index contributed by atoms with van der Waals surface area (Å²) < 4.78 is 12.3. The molecule has 0 bridgehead atoms. The number of H-pyrrole nitrogens is 2. The molecule has 11 nitrogen and oxygen atoms in total. The lowest BCUT2D eigenvalue weighted by Crippen LogP contribution is -2.38. The summed E-state index contributed by atoms with van der Waals surface area (Å²) >= 11 is 3.48. The number of hydrogen-bond acceptors (Lipinski definition) is 7. The lowest BCUT2D eigenvalue weighted by molar-refractivity contribution is 0.0323. The van der Waals surface area contributed by atoms with Gasteiger partial charge in [-0.2, -0.15) is 0 Å². The SMILES string of the molecule is Cc1ccc(Br)cc1N(C(=O)c1nc[nH]c1C(N)=O)c1nc2cccc(OCCN3CCOCC3)c2[nH]1. The van der Waals surface area contributed by atoms with Gasteiger partial charge in [-0.25, -0.2) is 14.9 Å². The van der Waals surface area contributed by atoms with Crippen LogP contribution in [-0.4, -0.2) is 76.1 Å². The third-order valence-electron chi connectivity index (χ3n) is 6.15. The number of rotatable bonds is 8. The molecule has 0 spiro atoms. The molecule has 2 amide bonds. The van der Waals surface area contributed by atoms with Crippen LogP contribution in [0.2, 0.25) is 0 Å². The van der Waals surface area contributed by atoms with Gasteiger partial charge in [-0.15, -0.1) is 0 Å². The van der Waals surface area contributed by atoms with E-state index in [1.54, 1.807) is 6.07 Å². The third-order valence-corrected chi connectivity index (χ3v) is 6.64. The van der Waals surface area contributed by atoms with Gasteiger partial charge in [0.1, 0.15) is 23.6 Å². The quantitative estimate of drug-likeness (QED) is 0.297. The molecule has 4 N–H and O–H groups in total. The fourth-order valence-electron chi connectivity index (χ4n) is 4.22. The number of para-hydroxylation sites is 1. The highest BCUT2D eigenvalue weighted by atomic mass is 79.9. The Balaban J connectivity index is 1.51. The number of benzene rings is 2. The number of morpholine rings is 1. The van der Waals surface area contributed by atoms with E-state index in [9.17, 15) is 9.59 Å². The standard InChI is InChI=1S/C25H26BrN7O4/c1-15-5-6-16(26)13-18(15)33(24(35)22-21(23(27)34)28-14-29-22)25-30-17-3-2-4-19(20(17)31-25)37-12-9-32-7-10-36-11-8-32/h2-6,13-14H,7-12H2,1H3,(H2,27,34)(H,28,29)(H,30,31). The second kappa shape index (κ2) is 10.7. The van der Waals surface area contributed by atoms with Crippen molar-refractivity contribution in [2.24, 2.45) is 5.73 Å². The number of carbonyl (C=O) groups excluding carboxylic acids is 2. The topological polar surface area (TPSA) is 142 Å². The van der Waals surface area contributed by atoms with Gasteiger partial charge in [0.05, 0.1) is 30.7 Å². The number of nitrogens with zero attached hydrogens (tertiary/aromatic N) is 4. The number of anilines is 2. The zero-order valence-electron chi connectivity index (χ0n) is 20.2. The average Bonchev–Trinajstić information content (AvgIpc) is 3.55. The van der Waals surface area contributed by atoms with E-state index >= 15 is 0 Å². The van der Waals surface area contributed by atoms with E-state index in [0.29, 0.717) is 29.1 Å². The number of nitrogens with one attached hydrogen (secondary N) is 2. The maximum Gasteiger partial charge on any atom is 0.286 e. The van der Waals surface area contributed by atoms with Crippen molar-refractivity contribution in [1.82, 2.24) is 24.8 Å². The molecule has 1 saturated heterocycles. The Bertz CT molecular complexity index is 1440. The van der Waals surface area contributed by atoms with Crippen LogP contribution >= 0.6 is 15.9 Å². The van der Waals surface area contributed by atoms with Gasteiger partial charge in [-0.05, 0) is 36.8 Å². The van der Waals surface area contributed by atoms with Crippen molar-refractivity contribution in [3.8, 4) is 5.75 Å². The van der Waals surface area contributed by atoms with Crippen molar-refractivity contribution in [3.05, 3.63) is 64.1 Å². The number of nitrogens with two attached hydrogens (primary N) is 1. The van der Waals surface area contributed by atoms with E-state index in [1.165, 1.54) is 11.2 Å². The van der Waals surface area contributed by atoms with E-state index in [1.807, 2.05) is 37.3 Å². The number of imidazole rings is 2. The van der Waals surface area contributed by atoms with Crippen LogP contribution in [0.3, 0.4) is 0 Å². The van der Waals surface area contributed by atoms with E-state index in [0.717, 1.165) is 42.9 Å². The van der Waals surface area contributed by atoms with Gasteiger partial charge in [0, 0.05) is 24.1 Å². The summed E-state index contributed by atoms with van der Waals surface area (Å²) in [6.45, 7) is 6.37. The smallest absolute Gasteiger partial charge is 0.286 e. The van der Waals surface area contributed by atoms with Gasteiger partial charge in [0.15, 0.2) is 5.69 Å². The fraction of sp³-hybridized carbons (Fsp3) is 0.280. The number of fused-ring (bicyclic) bond motifs is 1. The molecule has 5 rings (SSSR count). The highest BCUT2D eigenvalue weighted by molar-refractivity contribution is 9.10. The summed E-state index contributed by atoms with van der Waals surface area (Å²) in [7, 11) is 0. The zero-order valence-corrected chi connectivity index (χ0v) is 21.7.